The minimum Gasteiger partial charge on any atom is -0.480 e. The molecule has 0 bridgehead atoms. The van der Waals surface area contributed by atoms with Gasteiger partial charge in [0.05, 0.1) is 0 Å². The van der Waals surface area contributed by atoms with Gasteiger partial charge in [0.2, 0.25) is 6.04 Å². The fraction of sp³-hybridized carbons (Fsp3) is 0.833. The third-order valence-electron chi connectivity index (χ3n) is 3.33. The molecule has 0 amide bonds. The monoisotopic (exact) mass is 288 g/mol. The average Bonchev–Trinajstić information content (AvgIpc) is 2.34. The lowest BCUT2D eigenvalue weighted by Crippen LogP contribution is -2.52. The Bertz CT molecular complexity index is 299. The first-order chi connectivity index (χ1) is 9.52. The van der Waals surface area contributed by atoms with E-state index in [0.717, 1.165) is 26.2 Å². The van der Waals surface area contributed by atoms with Crippen molar-refractivity contribution in [3.63, 3.8) is 0 Å². The van der Waals surface area contributed by atoms with E-state index in [0.29, 0.717) is 26.2 Å². The Labute approximate surface area is 118 Å². The molecule has 8 nitrogen and oxygen atoms in total. The fourth-order valence-corrected chi connectivity index (χ4v) is 2.13. The topological polar surface area (TPSA) is 105 Å². The van der Waals surface area contributed by atoms with Crippen LogP contribution in [0, 0.1) is 0 Å². The molecule has 20 heavy (non-hydrogen) atoms. The first kappa shape index (κ1) is 16.8. The molecular formula is C12H24N4O4. The summed E-state index contributed by atoms with van der Waals surface area (Å²) < 4.78 is 0. The van der Waals surface area contributed by atoms with Gasteiger partial charge in [-0.15, -0.1) is 0 Å². The number of carboxylic acids is 2. The number of nitrogens with zero attached hydrogens (tertiary/aromatic N) is 2. The Morgan fingerprint density at radius 3 is 1.70 bits per heavy atom. The van der Waals surface area contributed by atoms with Crippen molar-refractivity contribution in [1.29, 1.82) is 0 Å². The van der Waals surface area contributed by atoms with E-state index < -0.39 is 18.0 Å². The minimum atomic E-state index is -1.48. The summed E-state index contributed by atoms with van der Waals surface area (Å²) >= 11 is 0. The molecule has 1 rings (SSSR count). The van der Waals surface area contributed by atoms with Crippen LogP contribution < -0.4 is 10.6 Å². The van der Waals surface area contributed by atoms with Gasteiger partial charge in [0.1, 0.15) is 0 Å². The largest absolute Gasteiger partial charge is 0.480 e. The lowest BCUT2D eigenvalue weighted by atomic mass is 10.2. The predicted octanol–water partition coefficient (Wildman–Crippen LogP) is -2.05. The molecule has 8 heteroatoms. The normalized spacial score (nSPS) is 21.1. The molecule has 0 atom stereocenters. The van der Waals surface area contributed by atoms with Crippen molar-refractivity contribution in [2.45, 2.75) is 6.04 Å². The number of hydrogen-bond donors (Lipinski definition) is 4. The summed E-state index contributed by atoms with van der Waals surface area (Å²) in [7, 11) is 2.05. The van der Waals surface area contributed by atoms with E-state index in [1.807, 2.05) is 7.05 Å². The molecule has 4 N–H and O–H groups in total. The third kappa shape index (κ3) is 5.83. The second kappa shape index (κ2) is 8.85. The van der Waals surface area contributed by atoms with Crippen LogP contribution in [0.5, 0.6) is 0 Å². The summed E-state index contributed by atoms with van der Waals surface area (Å²) in [6, 6.07) is -1.48. The standard InChI is InChI=1S/C12H24N4O4/c1-15-6-2-13-4-8-16(9-5-14-3-7-15)10(11(17)18)12(19)20/h10,13-14H,2-9H2,1H3,(H,17,18)(H,19,20). The second-order valence-corrected chi connectivity index (χ2v) is 4.92. The van der Waals surface area contributed by atoms with Crippen LogP contribution in [0.1, 0.15) is 0 Å². The lowest BCUT2D eigenvalue weighted by Gasteiger charge is -2.27. The van der Waals surface area contributed by atoms with Gasteiger partial charge in [0, 0.05) is 52.4 Å². The van der Waals surface area contributed by atoms with Crippen molar-refractivity contribution < 1.29 is 19.8 Å². The van der Waals surface area contributed by atoms with Crippen LogP contribution in [0.25, 0.3) is 0 Å². The Kier molecular flexibility index (Phi) is 7.45. The first-order valence-corrected chi connectivity index (χ1v) is 6.82. The summed E-state index contributed by atoms with van der Waals surface area (Å²) in [5.41, 5.74) is 0. The molecule has 0 aliphatic carbocycles. The molecule has 0 spiro atoms. The van der Waals surface area contributed by atoms with Crippen molar-refractivity contribution in [3.8, 4) is 0 Å². The maximum Gasteiger partial charge on any atom is 0.332 e. The number of hydrogen-bond acceptors (Lipinski definition) is 6. The molecule has 0 saturated carbocycles. The predicted molar refractivity (Wildman–Crippen MR) is 73.9 cm³/mol. The van der Waals surface area contributed by atoms with Crippen molar-refractivity contribution in [2.24, 2.45) is 0 Å². The highest BCUT2D eigenvalue weighted by Gasteiger charge is 2.32. The Morgan fingerprint density at radius 1 is 0.900 bits per heavy atom. The van der Waals surface area contributed by atoms with E-state index in [1.165, 1.54) is 4.90 Å². The van der Waals surface area contributed by atoms with Gasteiger partial charge < -0.3 is 25.7 Å². The van der Waals surface area contributed by atoms with Crippen LogP contribution in [-0.4, -0.2) is 97.4 Å². The number of aliphatic carboxylic acids is 2. The molecule has 0 unspecified atom stereocenters. The van der Waals surface area contributed by atoms with E-state index >= 15 is 0 Å². The maximum absolute atomic E-state index is 11.1. The second-order valence-electron chi connectivity index (χ2n) is 4.92. The van der Waals surface area contributed by atoms with Gasteiger partial charge in [0.25, 0.3) is 0 Å². The van der Waals surface area contributed by atoms with Crippen LogP contribution in [0.2, 0.25) is 0 Å². The third-order valence-corrected chi connectivity index (χ3v) is 3.33. The van der Waals surface area contributed by atoms with E-state index in [9.17, 15) is 9.59 Å². The van der Waals surface area contributed by atoms with Crippen LogP contribution in [0.3, 0.4) is 0 Å². The number of nitrogens with one attached hydrogen (secondary N) is 2. The Balaban J connectivity index is 2.59. The van der Waals surface area contributed by atoms with Crippen molar-refractivity contribution in [3.05, 3.63) is 0 Å². The van der Waals surface area contributed by atoms with Gasteiger partial charge in [-0.3, -0.25) is 4.90 Å². The number of rotatable bonds is 3. The zero-order valence-corrected chi connectivity index (χ0v) is 11.8. The van der Waals surface area contributed by atoms with E-state index in [2.05, 4.69) is 15.5 Å². The quantitative estimate of drug-likeness (QED) is 0.440. The maximum atomic E-state index is 11.1. The zero-order chi connectivity index (χ0) is 15.0. The lowest BCUT2D eigenvalue weighted by molar-refractivity contribution is -0.156. The van der Waals surface area contributed by atoms with E-state index in [4.69, 9.17) is 10.2 Å². The van der Waals surface area contributed by atoms with Gasteiger partial charge >= 0.3 is 11.9 Å². The summed E-state index contributed by atoms with van der Waals surface area (Å²) in [5, 5.41) is 24.5. The number of carboxylic acid groups (broad SMARTS) is 2. The van der Waals surface area contributed by atoms with Crippen molar-refractivity contribution in [1.82, 2.24) is 20.4 Å². The van der Waals surface area contributed by atoms with Crippen LogP contribution in [0.15, 0.2) is 0 Å². The zero-order valence-electron chi connectivity index (χ0n) is 11.8. The van der Waals surface area contributed by atoms with Crippen LogP contribution in [-0.2, 0) is 9.59 Å². The molecule has 116 valence electrons. The highest BCUT2D eigenvalue weighted by molar-refractivity contribution is 5.97. The summed E-state index contributed by atoms with van der Waals surface area (Å²) in [6.07, 6.45) is 0. The van der Waals surface area contributed by atoms with Gasteiger partial charge in [0.15, 0.2) is 0 Å². The molecule has 1 aliphatic heterocycles. The highest BCUT2D eigenvalue weighted by Crippen LogP contribution is 2.00. The molecule has 1 heterocycles. The molecule has 1 aliphatic rings. The number of carbonyl (C=O) groups is 2. The summed E-state index contributed by atoms with van der Waals surface area (Å²) in [4.78, 5) is 25.9. The Morgan fingerprint density at radius 2 is 1.30 bits per heavy atom. The van der Waals surface area contributed by atoms with Gasteiger partial charge in [-0.25, -0.2) is 9.59 Å². The van der Waals surface area contributed by atoms with Crippen LogP contribution >= 0.6 is 0 Å². The molecule has 1 saturated heterocycles. The fourth-order valence-electron chi connectivity index (χ4n) is 2.13. The first-order valence-electron chi connectivity index (χ1n) is 6.82. The average molecular weight is 288 g/mol. The molecular weight excluding hydrogens is 264 g/mol. The molecule has 1 fully saturated rings. The van der Waals surface area contributed by atoms with E-state index in [-0.39, 0.29) is 0 Å². The molecule has 0 radical (unpaired) electrons. The minimum absolute atomic E-state index is 0.397. The van der Waals surface area contributed by atoms with Gasteiger partial charge in [-0.05, 0) is 7.05 Å². The highest BCUT2D eigenvalue weighted by atomic mass is 16.4. The molecule has 0 aromatic heterocycles. The van der Waals surface area contributed by atoms with Gasteiger partial charge in [-0.2, -0.15) is 0 Å². The summed E-state index contributed by atoms with van der Waals surface area (Å²) in [5.74, 6) is -2.63. The van der Waals surface area contributed by atoms with Crippen LogP contribution in [0.4, 0.5) is 0 Å². The smallest absolute Gasteiger partial charge is 0.332 e. The SMILES string of the molecule is CN1CCNCCN(C(C(=O)O)C(=O)O)CCNCC1. The Hall–Kier alpha value is -1.22. The molecule has 0 aromatic rings. The number of likely N-dealkylation sites (N-methyl/N-ethyl adjacent to an activating group) is 1. The molecule has 0 aromatic carbocycles. The van der Waals surface area contributed by atoms with E-state index in [1.54, 1.807) is 0 Å². The summed E-state index contributed by atoms with van der Waals surface area (Å²) in [6.45, 7) is 5.36. The van der Waals surface area contributed by atoms with Crippen molar-refractivity contribution >= 4 is 11.9 Å². The van der Waals surface area contributed by atoms with Crippen molar-refractivity contribution in [2.75, 3.05) is 59.4 Å². The van der Waals surface area contributed by atoms with Gasteiger partial charge in [-0.1, -0.05) is 0 Å².